The molecule has 1 aromatic rings. The Kier molecular flexibility index (Phi) is 3.87. The molecule has 0 aliphatic carbocycles. The Bertz CT molecular complexity index is 341. The maximum absolute atomic E-state index is 9.25. The summed E-state index contributed by atoms with van der Waals surface area (Å²) >= 11 is 3.30. The minimum atomic E-state index is -0.399. The van der Waals surface area contributed by atoms with E-state index in [1.165, 1.54) is 6.33 Å². The van der Waals surface area contributed by atoms with Crippen LogP contribution in [0, 0.1) is 0 Å². The maximum atomic E-state index is 9.25. The Hall–Kier alpha value is -0.880. The number of aliphatic hydroxyl groups excluding tert-OH is 1. The monoisotopic (exact) mass is 274 g/mol. The summed E-state index contributed by atoms with van der Waals surface area (Å²) in [5, 5.41) is 12.4. The van der Waals surface area contributed by atoms with Crippen LogP contribution in [0.15, 0.2) is 10.8 Å². The van der Waals surface area contributed by atoms with E-state index in [0.29, 0.717) is 16.1 Å². The number of hydrogen-bond donors (Lipinski definition) is 3. The summed E-state index contributed by atoms with van der Waals surface area (Å²) < 4.78 is 0.623. The third kappa shape index (κ3) is 2.79. The van der Waals surface area contributed by atoms with Crippen LogP contribution in [0.1, 0.15) is 20.3 Å². The molecule has 15 heavy (non-hydrogen) atoms. The number of aliphatic hydroxyl groups is 1. The van der Waals surface area contributed by atoms with E-state index in [1.807, 2.05) is 13.8 Å². The predicted octanol–water partition coefficient (Wildman–Crippen LogP) is 1.39. The fraction of sp³-hybridized carbons (Fsp3) is 0.556. The second-order valence-corrected chi connectivity index (χ2v) is 4.41. The smallest absolute Gasteiger partial charge is 0.146 e. The molecule has 0 amide bonds. The summed E-state index contributed by atoms with van der Waals surface area (Å²) in [7, 11) is 0. The summed E-state index contributed by atoms with van der Waals surface area (Å²) in [5.74, 6) is 0.977. The Labute approximate surface area is 97.2 Å². The number of aromatic nitrogens is 2. The molecule has 1 atom stereocenters. The molecule has 0 fully saturated rings. The third-order valence-electron chi connectivity index (χ3n) is 2.37. The van der Waals surface area contributed by atoms with Crippen molar-refractivity contribution in [2.75, 3.05) is 17.7 Å². The summed E-state index contributed by atoms with van der Waals surface area (Å²) in [6.45, 7) is 3.93. The van der Waals surface area contributed by atoms with Crippen molar-refractivity contribution in [3.8, 4) is 0 Å². The van der Waals surface area contributed by atoms with Crippen LogP contribution < -0.4 is 11.1 Å². The van der Waals surface area contributed by atoms with Gasteiger partial charge >= 0.3 is 0 Å². The van der Waals surface area contributed by atoms with E-state index in [-0.39, 0.29) is 6.61 Å². The fourth-order valence-corrected chi connectivity index (χ4v) is 1.30. The van der Waals surface area contributed by atoms with Crippen LogP contribution >= 0.6 is 15.9 Å². The van der Waals surface area contributed by atoms with Crippen molar-refractivity contribution in [1.82, 2.24) is 9.97 Å². The molecule has 5 nitrogen and oxygen atoms in total. The van der Waals surface area contributed by atoms with Crippen molar-refractivity contribution >= 4 is 27.6 Å². The lowest BCUT2D eigenvalue weighted by Gasteiger charge is -2.28. The van der Waals surface area contributed by atoms with Gasteiger partial charge in [-0.2, -0.15) is 0 Å². The highest BCUT2D eigenvalue weighted by atomic mass is 79.9. The van der Waals surface area contributed by atoms with Crippen LogP contribution in [-0.4, -0.2) is 27.2 Å². The molecule has 0 radical (unpaired) electrons. The van der Waals surface area contributed by atoms with Crippen molar-refractivity contribution in [3.63, 3.8) is 0 Å². The molecule has 0 aliphatic heterocycles. The van der Waals surface area contributed by atoms with Crippen LogP contribution in [-0.2, 0) is 0 Å². The third-order valence-corrected chi connectivity index (χ3v) is 3.15. The van der Waals surface area contributed by atoms with Crippen molar-refractivity contribution in [1.29, 1.82) is 0 Å². The van der Waals surface area contributed by atoms with Gasteiger partial charge in [0.2, 0.25) is 0 Å². The minimum absolute atomic E-state index is 0.0276. The van der Waals surface area contributed by atoms with Gasteiger partial charge in [0, 0.05) is 0 Å². The van der Waals surface area contributed by atoms with Gasteiger partial charge in [0.25, 0.3) is 0 Å². The highest BCUT2D eigenvalue weighted by molar-refractivity contribution is 9.10. The minimum Gasteiger partial charge on any atom is -0.394 e. The maximum Gasteiger partial charge on any atom is 0.146 e. The average molecular weight is 275 g/mol. The van der Waals surface area contributed by atoms with Gasteiger partial charge in [0.1, 0.15) is 22.4 Å². The number of nitrogen functional groups attached to an aromatic ring is 1. The van der Waals surface area contributed by atoms with Crippen molar-refractivity contribution in [2.24, 2.45) is 0 Å². The van der Waals surface area contributed by atoms with Gasteiger partial charge in [-0.05, 0) is 29.3 Å². The van der Waals surface area contributed by atoms with Gasteiger partial charge in [-0.15, -0.1) is 0 Å². The molecule has 0 spiro atoms. The second-order valence-electron chi connectivity index (χ2n) is 3.62. The number of hydrogen-bond acceptors (Lipinski definition) is 5. The number of nitrogens with zero attached hydrogens (tertiary/aromatic N) is 2. The van der Waals surface area contributed by atoms with E-state index in [1.54, 1.807) is 0 Å². The average Bonchev–Trinajstić information content (AvgIpc) is 2.25. The largest absolute Gasteiger partial charge is 0.394 e. The SMILES string of the molecule is CCC(C)(CO)Nc1ncnc(N)c1Br. The van der Waals surface area contributed by atoms with Crippen molar-refractivity contribution in [2.45, 2.75) is 25.8 Å². The standard InChI is InChI=1S/C9H15BrN4O/c1-3-9(2,4-15)14-8-6(10)7(11)12-5-13-8/h5,15H,3-4H2,1-2H3,(H3,11,12,13,14). The van der Waals surface area contributed by atoms with Crippen LogP contribution in [0.5, 0.6) is 0 Å². The summed E-state index contributed by atoms with van der Waals surface area (Å²) in [6, 6.07) is 0. The summed E-state index contributed by atoms with van der Waals surface area (Å²) in [5.41, 5.74) is 5.22. The first-order valence-corrected chi connectivity index (χ1v) is 5.46. The topological polar surface area (TPSA) is 84.1 Å². The van der Waals surface area contributed by atoms with E-state index in [2.05, 4.69) is 31.2 Å². The zero-order chi connectivity index (χ0) is 11.5. The van der Waals surface area contributed by atoms with Crippen molar-refractivity contribution < 1.29 is 5.11 Å². The molecule has 1 heterocycles. The highest BCUT2D eigenvalue weighted by Gasteiger charge is 2.22. The van der Waals surface area contributed by atoms with E-state index >= 15 is 0 Å². The first kappa shape index (κ1) is 12.2. The van der Waals surface area contributed by atoms with Gasteiger partial charge in [-0.25, -0.2) is 9.97 Å². The molecule has 0 saturated heterocycles. The second kappa shape index (κ2) is 4.76. The number of rotatable bonds is 4. The molecule has 6 heteroatoms. The Morgan fingerprint density at radius 2 is 2.27 bits per heavy atom. The lowest BCUT2D eigenvalue weighted by Crippen LogP contribution is -2.38. The first-order valence-electron chi connectivity index (χ1n) is 4.67. The first-order chi connectivity index (χ1) is 7.02. The number of nitrogens with one attached hydrogen (secondary N) is 1. The normalized spacial score (nSPS) is 14.7. The molecular formula is C9H15BrN4O. The van der Waals surface area contributed by atoms with Gasteiger partial charge < -0.3 is 16.2 Å². The lowest BCUT2D eigenvalue weighted by atomic mass is 10.0. The zero-order valence-corrected chi connectivity index (χ0v) is 10.4. The highest BCUT2D eigenvalue weighted by Crippen LogP contribution is 2.27. The van der Waals surface area contributed by atoms with Gasteiger partial charge in [0.15, 0.2) is 0 Å². The molecule has 0 aliphatic rings. The molecule has 1 unspecified atom stereocenters. The number of anilines is 2. The summed E-state index contributed by atoms with van der Waals surface area (Å²) in [4.78, 5) is 7.90. The Morgan fingerprint density at radius 3 is 2.80 bits per heavy atom. The van der Waals surface area contributed by atoms with E-state index in [0.717, 1.165) is 6.42 Å². The molecule has 4 N–H and O–H groups in total. The molecule has 0 aromatic carbocycles. The van der Waals surface area contributed by atoms with Gasteiger partial charge in [-0.1, -0.05) is 6.92 Å². The quantitative estimate of drug-likeness (QED) is 0.773. The van der Waals surface area contributed by atoms with E-state index < -0.39 is 5.54 Å². The van der Waals surface area contributed by atoms with E-state index in [9.17, 15) is 5.11 Å². The molecule has 84 valence electrons. The molecular weight excluding hydrogens is 260 g/mol. The molecule has 1 aromatic heterocycles. The van der Waals surface area contributed by atoms with Crippen LogP contribution in [0.2, 0.25) is 0 Å². The van der Waals surface area contributed by atoms with Crippen LogP contribution in [0.3, 0.4) is 0 Å². The van der Waals surface area contributed by atoms with Crippen LogP contribution in [0.25, 0.3) is 0 Å². The predicted molar refractivity (Wildman–Crippen MR) is 63.5 cm³/mol. The van der Waals surface area contributed by atoms with Gasteiger partial charge in [-0.3, -0.25) is 0 Å². The summed E-state index contributed by atoms with van der Waals surface area (Å²) in [6.07, 6.45) is 2.16. The van der Waals surface area contributed by atoms with Crippen molar-refractivity contribution in [3.05, 3.63) is 10.8 Å². The zero-order valence-electron chi connectivity index (χ0n) is 8.79. The number of halogens is 1. The Morgan fingerprint density at radius 1 is 1.60 bits per heavy atom. The molecule has 1 rings (SSSR count). The molecule has 0 saturated carbocycles. The van der Waals surface area contributed by atoms with E-state index in [4.69, 9.17) is 5.73 Å². The number of nitrogens with two attached hydrogens (primary N) is 1. The van der Waals surface area contributed by atoms with Crippen LogP contribution in [0.4, 0.5) is 11.6 Å². The molecule has 0 bridgehead atoms. The fourth-order valence-electron chi connectivity index (χ4n) is 0.996. The lowest BCUT2D eigenvalue weighted by molar-refractivity contribution is 0.218. The van der Waals surface area contributed by atoms with Gasteiger partial charge in [0.05, 0.1) is 12.1 Å². The Balaban J connectivity index is 2.94.